The number of pyridine rings is 1. The molecular formula is C8H6F5IN2O. The summed E-state index contributed by atoms with van der Waals surface area (Å²) in [4.78, 5) is 3.30. The molecule has 0 spiro atoms. The van der Waals surface area contributed by atoms with Crippen molar-refractivity contribution in [3.8, 4) is 5.88 Å². The Morgan fingerprint density at radius 3 is 2.41 bits per heavy atom. The quantitative estimate of drug-likeness (QED) is 0.507. The SMILES string of the molecule is NCc1cc(OC(F)(F)F)nc(I)c1C(F)F. The Bertz CT molecular complexity index is 410. The zero-order valence-electron chi connectivity index (χ0n) is 8.06. The van der Waals surface area contributed by atoms with Gasteiger partial charge in [0.2, 0.25) is 5.88 Å². The van der Waals surface area contributed by atoms with Crippen LogP contribution in [-0.2, 0) is 6.54 Å². The Labute approximate surface area is 106 Å². The van der Waals surface area contributed by atoms with Gasteiger partial charge in [0.15, 0.2) is 0 Å². The van der Waals surface area contributed by atoms with Crippen LogP contribution in [0.3, 0.4) is 0 Å². The van der Waals surface area contributed by atoms with E-state index in [0.717, 1.165) is 6.07 Å². The van der Waals surface area contributed by atoms with Gasteiger partial charge in [-0.25, -0.2) is 13.8 Å². The van der Waals surface area contributed by atoms with Crippen LogP contribution in [0.4, 0.5) is 22.0 Å². The zero-order valence-corrected chi connectivity index (χ0v) is 10.2. The van der Waals surface area contributed by atoms with E-state index < -0.39 is 24.2 Å². The maximum absolute atomic E-state index is 12.6. The molecule has 9 heteroatoms. The molecule has 0 saturated carbocycles. The van der Waals surface area contributed by atoms with Crippen molar-refractivity contribution in [1.82, 2.24) is 4.98 Å². The number of halogens is 6. The predicted octanol–water partition coefficient (Wildman–Crippen LogP) is 2.98. The van der Waals surface area contributed by atoms with E-state index >= 15 is 0 Å². The van der Waals surface area contributed by atoms with E-state index in [2.05, 4.69) is 9.72 Å². The molecule has 0 unspecified atom stereocenters. The Hall–Kier alpha value is -0.710. The highest BCUT2D eigenvalue weighted by molar-refractivity contribution is 14.1. The number of alkyl halides is 5. The summed E-state index contributed by atoms with van der Waals surface area (Å²) >= 11 is 1.41. The minimum absolute atomic E-state index is 0.126. The normalized spacial score (nSPS) is 12.0. The van der Waals surface area contributed by atoms with Crippen LogP contribution in [0.2, 0.25) is 0 Å². The molecule has 2 N–H and O–H groups in total. The van der Waals surface area contributed by atoms with Crippen LogP contribution in [0.5, 0.6) is 5.88 Å². The van der Waals surface area contributed by atoms with Gasteiger partial charge in [-0.15, -0.1) is 13.2 Å². The highest BCUT2D eigenvalue weighted by atomic mass is 127. The maximum Gasteiger partial charge on any atom is 0.574 e. The van der Waals surface area contributed by atoms with Gasteiger partial charge in [-0.3, -0.25) is 0 Å². The third kappa shape index (κ3) is 3.91. The van der Waals surface area contributed by atoms with Crippen molar-refractivity contribution in [2.75, 3.05) is 0 Å². The summed E-state index contributed by atoms with van der Waals surface area (Å²) in [7, 11) is 0. The topological polar surface area (TPSA) is 48.1 Å². The van der Waals surface area contributed by atoms with Crippen molar-refractivity contribution in [1.29, 1.82) is 0 Å². The van der Waals surface area contributed by atoms with E-state index in [9.17, 15) is 22.0 Å². The van der Waals surface area contributed by atoms with Crippen LogP contribution in [-0.4, -0.2) is 11.3 Å². The minimum atomic E-state index is -4.92. The first-order chi connectivity index (χ1) is 7.74. The first-order valence-corrected chi connectivity index (χ1v) is 5.25. The van der Waals surface area contributed by atoms with Gasteiger partial charge in [-0.2, -0.15) is 0 Å². The van der Waals surface area contributed by atoms with Gasteiger partial charge in [0.1, 0.15) is 3.70 Å². The Balaban J connectivity index is 3.18. The lowest BCUT2D eigenvalue weighted by molar-refractivity contribution is -0.276. The summed E-state index contributed by atoms with van der Waals surface area (Å²) in [6, 6.07) is 0.761. The number of nitrogens with two attached hydrogens (primary N) is 1. The van der Waals surface area contributed by atoms with Crippen molar-refractivity contribution in [3.63, 3.8) is 0 Å². The first kappa shape index (κ1) is 14.4. The molecule has 1 aromatic rings. The van der Waals surface area contributed by atoms with Crippen molar-refractivity contribution in [2.45, 2.75) is 19.3 Å². The molecule has 1 heterocycles. The van der Waals surface area contributed by atoms with E-state index in [0.29, 0.717) is 0 Å². The maximum atomic E-state index is 12.6. The van der Waals surface area contributed by atoms with E-state index in [4.69, 9.17) is 5.73 Å². The van der Waals surface area contributed by atoms with Crippen LogP contribution < -0.4 is 10.5 Å². The zero-order chi connectivity index (χ0) is 13.2. The van der Waals surface area contributed by atoms with Crippen LogP contribution in [0.15, 0.2) is 6.07 Å². The van der Waals surface area contributed by atoms with Gasteiger partial charge in [0.05, 0.1) is 5.56 Å². The van der Waals surface area contributed by atoms with Crippen molar-refractivity contribution in [3.05, 3.63) is 20.9 Å². The average molecular weight is 368 g/mol. The summed E-state index contributed by atoms with van der Waals surface area (Å²) in [6.45, 7) is -0.327. The molecule has 0 aliphatic heterocycles. The lowest BCUT2D eigenvalue weighted by atomic mass is 10.1. The van der Waals surface area contributed by atoms with E-state index in [1.807, 2.05) is 0 Å². The Kier molecular flexibility index (Phi) is 4.47. The van der Waals surface area contributed by atoms with Gasteiger partial charge < -0.3 is 10.5 Å². The molecule has 0 aliphatic rings. The highest BCUT2D eigenvalue weighted by Crippen LogP contribution is 2.31. The molecule has 0 fully saturated rings. The van der Waals surface area contributed by atoms with E-state index in [1.54, 1.807) is 0 Å². The number of hydrogen-bond acceptors (Lipinski definition) is 3. The Morgan fingerprint density at radius 2 is 2.00 bits per heavy atom. The standard InChI is InChI=1S/C8H6F5IN2O/c9-6(10)5-3(2-15)1-4(16-7(5)14)17-8(11,12)13/h1,6H,2,15H2. The third-order valence-corrected chi connectivity index (χ3v) is 2.56. The average Bonchev–Trinajstić information content (AvgIpc) is 2.12. The lowest BCUT2D eigenvalue weighted by Gasteiger charge is -2.13. The molecule has 0 aliphatic carbocycles. The second kappa shape index (κ2) is 5.29. The highest BCUT2D eigenvalue weighted by Gasteiger charge is 2.32. The smallest absolute Gasteiger partial charge is 0.388 e. The molecule has 0 radical (unpaired) electrons. The van der Waals surface area contributed by atoms with Crippen LogP contribution in [0.25, 0.3) is 0 Å². The molecule has 1 rings (SSSR count). The summed E-state index contributed by atoms with van der Waals surface area (Å²) in [5.74, 6) is -0.799. The first-order valence-electron chi connectivity index (χ1n) is 4.18. The number of aromatic nitrogens is 1. The summed E-state index contributed by atoms with van der Waals surface area (Å²) in [5.41, 5.74) is 4.59. The van der Waals surface area contributed by atoms with Crippen LogP contribution in [0.1, 0.15) is 17.6 Å². The fourth-order valence-electron chi connectivity index (χ4n) is 1.12. The molecule has 0 aromatic carbocycles. The number of rotatable bonds is 3. The van der Waals surface area contributed by atoms with Crippen molar-refractivity contribution >= 4 is 22.6 Å². The molecule has 96 valence electrons. The van der Waals surface area contributed by atoms with Gasteiger partial charge in [0, 0.05) is 12.6 Å². The third-order valence-electron chi connectivity index (χ3n) is 1.73. The lowest BCUT2D eigenvalue weighted by Crippen LogP contribution is -2.19. The molecule has 3 nitrogen and oxygen atoms in total. The number of nitrogens with zero attached hydrogens (tertiary/aromatic N) is 1. The van der Waals surface area contributed by atoms with Gasteiger partial charge >= 0.3 is 6.36 Å². The summed E-state index contributed by atoms with van der Waals surface area (Å²) in [6.07, 6.45) is -7.78. The molecule has 1 aromatic heterocycles. The predicted molar refractivity (Wildman–Crippen MR) is 56.5 cm³/mol. The monoisotopic (exact) mass is 368 g/mol. The minimum Gasteiger partial charge on any atom is -0.388 e. The summed E-state index contributed by atoms with van der Waals surface area (Å²) in [5, 5.41) is 0. The van der Waals surface area contributed by atoms with E-state index in [-0.39, 0.29) is 15.8 Å². The van der Waals surface area contributed by atoms with E-state index in [1.165, 1.54) is 22.6 Å². The van der Waals surface area contributed by atoms with Gasteiger partial charge in [-0.1, -0.05) is 0 Å². The Morgan fingerprint density at radius 1 is 1.41 bits per heavy atom. The summed E-state index contributed by atoms with van der Waals surface area (Å²) < 4.78 is 64.2. The number of ether oxygens (including phenoxy) is 1. The second-order valence-electron chi connectivity index (χ2n) is 2.88. The second-order valence-corrected chi connectivity index (χ2v) is 3.90. The van der Waals surface area contributed by atoms with Gasteiger partial charge in [-0.05, 0) is 28.2 Å². The molecule has 0 amide bonds. The molecule has 17 heavy (non-hydrogen) atoms. The molecule has 0 bridgehead atoms. The van der Waals surface area contributed by atoms with Gasteiger partial charge in [0.25, 0.3) is 6.43 Å². The molecule has 0 saturated heterocycles. The number of hydrogen-bond donors (Lipinski definition) is 1. The van der Waals surface area contributed by atoms with Crippen LogP contribution in [0, 0.1) is 3.70 Å². The van der Waals surface area contributed by atoms with Crippen LogP contribution >= 0.6 is 22.6 Å². The fraction of sp³-hybridized carbons (Fsp3) is 0.375. The molecular weight excluding hydrogens is 362 g/mol. The van der Waals surface area contributed by atoms with Crippen molar-refractivity contribution < 1.29 is 26.7 Å². The van der Waals surface area contributed by atoms with Crippen molar-refractivity contribution in [2.24, 2.45) is 5.73 Å². The fourth-order valence-corrected chi connectivity index (χ4v) is 1.94. The largest absolute Gasteiger partial charge is 0.574 e. The molecule has 0 atom stereocenters.